The summed E-state index contributed by atoms with van der Waals surface area (Å²) in [6.45, 7) is -3.24. The monoisotopic (exact) mass is 812 g/mol. The summed E-state index contributed by atoms with van der Waals surface area (Å²) in [5.41, 5.74) is -0.185. The van der Waals surface area contributed by atoms with Crippen LogP contribution in [-0.4, -0.2) is 232 Å². The van der Waals surface area contributed by atoms with E-state index in [1.807, 2.05) is 0 Å². The second kappa shape index (κ2) is 19.0. The lowest BCUT2D eigenvalue weighted by Crippen LogP contribution is -2.66. The van der Waals surface area contributed by atoms with Gasteiger partial charge < -0.3 is 111 Å². The van der Waals surface area contributed by atoms with Crippen molar-refractivity contribution in [1.82, 2.24) is 10.6 Å². The normalized spacial score (nSPS) is 44.5. The van der Waals surface area contributed by atoms with Crippen molar-refractivity contribution >= 4 is 11.8 Å². The van der Waals surface area contributed by atoms with Gasteiger partial charge in [-0.3, -0.25) is 9.59 Å². The maximum Gasteiger partial charge on any atom is 0.253 e. The number of carbonyl (C=O) groups is 2. The molecule has 0 unspecified atom stereocenters. The number of carbonyl (C=O) groups excluding carboxylic acids is 2. The molecule has 4 heterocycles. The Labute approximate surface area is 316 Å². The Hall–Kier alpha value is -2.64. The van der Waals surface area contributed by atoms with Crippen LogP contribution < -0.4 is 10.6 Å². The van der Waals surface area contributed by atoms with E-state index in [2.05, 4.69) is 10.6 Å². The highest BCUT2D eigenvalue weighted by Gasteiger charge is 2.52. The molecule has 0 aliphatic carbocycles. The standard InChI is InChI=1S/C32H48N2O22/c35-5-11-15(39)17(41)23(47)31(53-11)55-25-13(7-37)51-29(21(45)19(25)43)33-27(49)9-1-2-10(4-3-9)28(50)34-30-22(46)20(44)26(14(8-38)52-30)56-32-24(48)18(42)16(40)12(6-36)54-32/h1-4,11-26,29-32,35-48H,5-8H2,(H,33,49)(H,34,50)/t11-,12-,13-,14-,15+,16+,17+,18+,19-,20-,21-,22-,23-,24-,25-,26-,29-,30+,31+,32+/m1/s1. The first-order chi connectivity index (χ1) is 26.6. The smallest absolute Gasteiger partial charge is 0.253 e. The van der Waals surface area contributed by atoms with Crippen LogP contribution >= 0.6 is 0 Å². The molecule has 0 spiro atoms. The van der Waals surface area contributed by atoms with E-state index in [0.717, 1.165) is 0 Å². The quantitative estimate of drug-likeness (QED) is 0.0931. The Bertz CT molecular complexity index is 1330. The highest BCUT2D eigenvalue weighted by Crippen LogP contribution is 2.31. The third-order valence-electron chi connectivity index (χ3n) is 9.96. The summed E-state index contributed by atoms with van der Waals surface area (Å²) >= 11 is 0. The van der Waals surface area contributed by atoms with E-state index in [-0.39, 0.29) is 11.1 Å². The average molecular weight is 813 g/mol. The predicted molar refractivity (Wildman–Crippen MR) is 174 cm³/mol. The van der Waals surface area contributed by atoms with E-state index in [1.54, 1.807) is 0 Å². The van der Waals surface area contributed by atoms with Gasteiger partial charge in [-0.25, -0.2) is 0 Å². The van der Waals surface area contributed by atoms with Gasteiger partial charge in [-0.2, -0.15) is 0 Å². The minimum absolute atomic E-state index is 0.0926. The van der Waals surface area contributed by atoms with Crippen molar-refractivity contribution in [2.24, 2.45) is 0 Å². The van der Waals surface area contributed by atoms with Crippen LogP contribution in [0.25, 0.3) is 0 Å². The number of nitrogens with one attached hydrogen (secondary N) is 2. The molecule has 20 atom stereocenters. The molecule has 0 aromatic heterocycles. The number of hydrogen-bond donors (Lipinski definition) is 16. The van der Waals surface area contributed by atoms with E-state index in [1.165, 1.54) is 24.3 Å². The third kappa shape index (κ3) is 9.14. The molecule has 56 heavy (non-hydrogen) atoms. The number of hydrogen-bond acceptors (Lipinski definition) is 22. The molecule has 4 saturated heterocycles. The molecule has 24 heteroatoms. The fraction of sp³-hybridized carbons (Fsp3) is 0.750. The molecule has 0 saturated carbocycles. The molecular weight excluding hydrogens is 764 g/mol. The van der Waals surface area contributed by atoms with Crippen LogP contribution in [0.1, 0.15) is 20.7 Å². The van der Waals surface area contributed by atoms with Gasteiger partial charge in [0.2, 0.25) is 0 Å². The van der Waals surface area contributed by atoms with Crippen LogP contribution in [0.15, 0.2) is 24.3 Å². The van der Waals surface area contributed by atoms with Gasteiger partial charge in [0, 0.05) is 11.1 Å². The van der Waals surface area contributed by atoms with Gasteiger partial charge >= 0.3 is 0 Å². The topological polar surface area (TPSA) is 397 Å². The van der Waals surface area contributed by atoms with Gasteiger partial charge in [0.15, 0.2) is 25.0 Å². The summed E-state index contributed by atoms with van der Waals surface area (Å²) in [4.78, 5) is 26.1. The first-order valence-corrected chi connectivity index (χ1v) is 17.4. The third-order valence-corrected chi connectivity index (χ3v) is 9.96. The second-order valence-electron chi connectivity index (χ2n) is 13.6. The molecule has 1 aromatic rings. The van der Waals surface area contributed by atoms with E-state index in [0.29, 0.717) is 0 Å². The van der Waals surface area contributed by atoms with Crippen LogP contribution in [0.5, 0.6) is 0 Å². The minimum Gasteiger partial charge on any atom is -0.394 e. The molecule has 4 aliphatic heterocycles. The fourth-order valence-electron chi connectivity index (χ4n) is 6.62. The predicted octanol–water partition coefficient (Wildman–Crippen LogP) is -9.61. The summed E-state index contributed by atoms with van der Waals surface area (Å²) in [7, 11) is 0. The number of benzene rings is 1. The molecule has 318 valence electrons. The summed E-state index contributed by atoms with van der Waals surface area (Å²) in [5, 5.41) is 147. The molecule has 2 amide bonds. The minimum atomic E-state index is -1.90. The Morgan fingerprint density at radius 2 is 0.768 bits per heavy atom. The van der Waals surface area contributed by atoms with Gasteiger partial charge in [-0.05, 0) is 24.3 Å². The SMILES string of the molecule is O=C(N[C@@H]1O[C@H](CO)[C@@H](O[C@@H]2O[C@H](CO)[C@H](O)[C@H](O)[C@H]2O)[C@H](O)[C@H]1O)c1ccc(C(=O)N[C@H]2O[C@H](CO)[C@@H](O[C@@H]3O[C@H](CO)[C@H](O)[C@H](O)[C@H]3O)[C@H](O)[C@H]2O)cc1. The summed E-state index contributed by atoms with van der Waals surface area (Å²) in [6, 6.07) is 4.72. The number of rotatable bonds is 12. The molecule has 4 aliphatic rings. The number of ether oxygens (including phenoxy) is 6. The highest BCUT2D eigenvalue weighted by molar-refractivity contribution is 5.98. The first kappa shape index (κ1) is 44.5. The highest BCUT2D eigenvalue weighted by atomic mass is 16.7. The fourth-order valence-corrected chi connectivity index (χ4v) is 6.62. The Morgan fingerprint density at radius 1 is 0.446 bits per heavy atom. The van der Waals surface area contributed by atoms with E-state index in [4.69, 9.17) is 28.4 Å². The van der Waals surface area contributed by atoms with E-state index >= 15 is 0 Å². The van der Waals surface area contributed by atoms with Gasteiger partial charge in [0.25, 0.3) is 11.8 Å². The molecule has 0 bridgehead atoms. The zero-order valence-corrected chi connectivity index (χ0v) is 29.2. The molecule has 24 nitrogen and oxygen atoms in total. The summed E-state index contributed by atoms with van der Waals surface area (Å²) < 4.78 is 32.6. The van der Waals surface area contributed by atoms with Gasteiger partial charge in [-0.1, -0.05) is 0 Å². The Balaban J connectivity index is 1.16. The lowest BCUT2D eigenvalue weighted by molar-refractivity contribution is -0.342. The van der Waals surface area contributed by atoms with Crippen molar-refractivity contribution < 1.29 is 110 Å². The number of aliphatic hydroxyl groups is 14. The largest absolute Gasteiger partial charge is 0.394 e. The summed E-state index contributed by atoms with van der Waals surface area (Å²) in [6.07, 6.45) is -34.0. The molecule has 16 N–H and O–H groups in total. The van der Waals surface area contributed by atoms with Gasteiger partial charge in [0.1, 0.15) is 97.7 Å². The van der Waals surface area contributed by atoms with E-state index in [9.17, 15) is 81.1 Å². The van der Waals surface area contributed by atoms with Crippen molar-refractivity contribution in [1.29, 1.82) is 0 Å². The van der Waals surface area contributed by atoms with Gasteiger partial charge in [-0.15, -0.1) is 0 Å². The number of amides is 2. The van der Waals surface area contributed by atoms with E-state index < -0.39 is 161 Å². The summed E-state index contributed by atoms with van der Waals surface area (Å²) in [5.74, 6) is -1.77. The van der Waals surface area contributed by atoms with Crippen molar-refractivity contribution in [3.63, 3.8) is 0 Å². The molecule has 0 radical (unpaired) electrons. The maximum absolute atomic E-state index is 13.1. The lowest BCUT2D eigenvalue weighted by atomic mass is 9.96. The Kier molecular flexibility index (Phi) is 15.1. The van der Waals surface area contributed by atoms with Crippen molar-refractivity contribution in [3.05, 3.63) is 35.4 Å². The molecular formula is C32H48N2O22. The van der Waals surface area contributed by atoms with Crippen LogP contribution in [0.2, 0.25) is 0 Å². The van der Waals surface area contributed by atoms with Gasteiger partial charge in [0.05, 0.1) is 26.4 Å². The lowest BCUT2D eigenvalue weighted by Gasteiger charge is -2.46. The van der Waals surface area contributed by atoms with Crippen molar-refractivity contribution in [2.75, 3.05) is 26.4 Å². The first-order valence-electron chi connectivity index (χ1n) is 17.4. The Morgan fingerprint density at radius 3 is 1.07 bits per heavy atom. The molecule has 1 aromatic carbocycles. The zero-order valence-electron chi connectivity index (χ0n) is 29.2. The van der Waals surface area contributed by atoms with Crippen LogP contribution in [0, 0.1) is 0 Å². The van der Waals surface area contributed by atoms with Crippen molar-refractivity contribution in [3.8, 4) is 0 Å². The van der Waals surface area contributed by atoms with Crippen molar-refractivity contribution in [2.45, 2.75) is 123 Å². The van der Waals surface area contributed by atoms with Crippen LogP contribution in [-0.2, 0) is 28.4 Å². The zero-order chi connectivity index (χ0) is 41.2. The molecule has 5 rings (SSSR count). The second-order valence-corrected chi connectivity index (χ2v) is 13.6. The average Bonchev–Trinajstić information content (AvgIpc) is 3.20. The maximum atomic E-state index is 13.1. The van der Waals surface area contributed by atoms with Crippen LogP contribution in [0.4, 0.5) is 0 Å². The molecule has 4 fully saturated rings. The van der Waals surface area contributed by atoms with Crippen LogP contribution in [0.3, 0.4) is 0 Å². The number of aliphatic hydroxyl groups excluding tert-OH is 14.